The molecule has 1 heterocycles. The molecular formula is C17H22O3. The fourth-order valence-electron chi connectivity index (χ4n) is 3.45. The molecule has 2 aliphatic rings. The molecule has 108 valence electrons. The lowest BCUT2D eigenvalue weighted by Crippen LogP contribution is -2.27. The fourth-order valence-corrected chi connectivity index (χ4v) is 3.45. The van der Waals surface area contributed by atoms with E-state index in [9.17, 15) is 4.79 Å². The molecule has 3 nitrogen and oxygen atoms in total. The van der Waals surface area contributed by atoms with Gasteiger partial charge in [-0.15, -0.1) is 0 Å². The summed E-state index contributed by atoms with van der Waals surface area (Å²) in [5.74, 6) is 2.49. The third kappa shape index (κ3) is 2.54. The topological polar surface area (TPSA) is 35.5 Å². The molecule has 0 radical (unpaired) electrons. The molecule has 3 rings (SSSR count). The summed E-state index contributed by atoms with van der Waals surface area (Å²) in [7, 11) is 0. The minimum absolute atomic E-state index is 0.191. The summed E-state index contributed by atoms with van der Waals surface area (Å²) in [6.07, 6.45) is 5.77. The van der Waals surface area contributed by atoms with Gasteiger partial charge in [-0.25, -0.2) is 0 Å². The number of carbonyl (C=O) groups is 1. The first-order chi connectivity index (χ1) is 9.79. The Kier molecular flexibility index (Phi) is 3.95. The summed E-state index contributed by atoms with van der Waals surface area (Å²) in [6, 6.07) is 5.61. The lowest BCUT2D eigenvalue weighted by atomic mass is 9.74. The lowest BCUT2D eigenvalue weighted by Gasteiger charge is -2.30. The summed E-state index contributed by atoms with van der Waals surface area (Å²) < 4.78 is 11.1. The molecule has 2 unspecified atom stereocenters. The molecule has 1 aliphatic heterocycles. The van der Waals surface area contributed by atoms with Gasteiger partial charge >= 0.3 is 0 Å². The van der Waals surface area contributed by atoms with Gasteiger partial charge in [0, 0.05) is 11.5 Å². The van der Waals surface area contributed by atoms with Crippen LogP contribution < -0.4 is 9.47 Å². The van der Waals surface area contributed by atoms with Crippen LogP contribution in [0.2, 0.25) is 0 Å². The van der Waals surface area contributed by atoms with Crippen LogP contribution in [0.3, 0.4) is 0 Å². The summed E-state index contributed by atoms with van der Waals surface area (Å²) in [5, 5.41) is 0. The molecule has 20 heavy (non-hydrogen) atoms. The Hall–Kier alpha value is -1.51. The smallest absolute Gasteiger partial charge is 0.166 e. The Balaban J connectivity index is 1.82. The van der Waals surface area contributed by atoms with Crippen LogP contribution in [-0.2, 0) is 0 Å². The van der Waals surface area contributed by atoms with Crippen molar-refractivity contribution in [2.45, 2.75) is 39.0 Å². The average molecular weight is 274 g/mol. The van der Waals surface area contributed by atoms with E-state index >= 15 is 0 Å². The number of ketones is 1. The van der Waals surface area contributed by atoms with Crippen LogP contribution in [0.1, 0.15) is 49.4 Å². The zero-order valence-electron chi connectivity index (χ0n) is 12.1. The Bertz CT molecular complexity index is 495. The van der Waals surface area contributed by atoms with Crippen LogP contribution in [0.25, 0.3) is 0 Å². The van der Waals surface area contributed by atoms with Crippen LogP contribution in [0.15, 0.2) is 18.2 Å². The highest BCUT2D eigenvalue weighted by Gasteiger charge is 2.30. The van der Waals surface area contributed by atoms with Gasteiger partial charge in [0.05, 0.1) is 0 Å². The van der Waals surface area contributed by atoms with Gasteiger partial charge in [-0.2, -0.15) is 0 Å². The van der Waals surface area contributed by atoms with Crippen LogP contribution in [0.5, 0.6) is 11.5 Å². The van der Waals surface area contributed by atoms with Gasteiger partial charge in [-0.1, -0.05) is 26.2 Å². The van der Waals surface area contributed by atoms with Crippen LogP contribution in [0, 0.1) is 11.8 Å². The van der Waals surface area contributed by atoms with Crippen molar-refractivity contribution in [3.63, 3.8) is 0 Å². The average Bonchev–Trinajstić information content (AvgIpc) is 2.53. The Morgan fingerprint density at radius 3 is 2.70 bits per heavy atom. The maximum absolute atomic E-state index is 12.8. The van der Waals surface area contributed by atoms with E-state index in [1.165, 1.54) is 19.3 Å². The van der Waals surface area contributed by atoms with Gasteiger partial charge in [-0.3, -0.25) is 4.79 Å². The second-order valence-electron chi connectivity index (χ2n) is 5.78. The largest absolute Gasteiger partial charge is 0.486 e. The number of benzene rings is 1. The Morgan fingerprint density at radius 1 is 1.15 bits per heavy atom. The molecular weight excluding hydrogens is 252 g/mol. The first-order valence-electron chi connectivity index (χ1n) is 7.73. The molecule has 3 heteroatoms. The number of ether oxygens (including phenoxy) is 2. The van der Waals surface area contributed by atoms with Gasteiger partial charge in [-0.05, 0) is 37.0 Å². The van der Waals surface area contributed by atoms with Crippen molar-refractivity contribution in [3.05, 3.63) is 23.8 Å². The Labute approximate surface area is 120 Å². The van der Waals surface area contributed by atoms with Crippen molar-refractivity contribution in [2.24, 2.45) is 11.8 Å². The first-order valence-corrected chi connectivity index (χ1v) is 7.73. The first kappa shape index (κ1) is 13.5. The summed E-state index contributed by atoms with van der Waals surface area (Å²) in [6.45, 7) is 3.34. The molecule has 0 saturated heterocycles. The summed E-state index contributed by atoms with van der Waals surface area (Å²) in [5.41, 5.74) is 0.777. The van der Waals surface area contributed by atoms with E-state index < -0.39 is 0 Å². The number of hydrogen-bond donors (Lipinski definition) is 0. The molecule has 1 saturated carbocycles. The van der Waals surface area contributed by atoms with Crippen molar-refractivity contribution >= 4 is 5.78 Å². The number of hydrogen-bond acceptors (Lipinski definition) is 3. The Morgan fingerprint density at radius 2 is 1.90 bits per heavy atom. The zero-order valence-corrected chi connectivity index (χ0v) is 12.1. The molecule has 0 amide bonds. The van der Waals surface area contributed by atoms with Gasteiger partial charge in [0.15, 0.2) is 17.3 Å². The summed E-state index contributed by atoms with van der Waals surface area (Å²) in [4.78, 5) is 12.8. The molecule has 1 fully saturated rings. The van der Waals surface area contributed by atoms with E-state index in [1.807, 2.05) is 18.2 Å². The highest BCUT2D eigenvalue weighted by Crippen LogP contribution is 2.37. The molecule has 2 atom stereocenters. The van der Waals surface area contributed by atoms with Crippen molar-refractivity contribution < 1.29 is 14.3 Å². The normalized spacial score (nSPS) is 25.2. The van der Waals surface area contributed by atoms with E-state index in [1.54, 1.807) is 0 Å². The van der Waals surface area contributed by atoms with Gasteiger partial charge < -0.3 is 9.47 Å². The van der Waals surface area contributed by atoms with E-state index in [0.29, 0.717) is 24.9 Å². The fraction of sp³-hybridized carbons (Fsp3) is 0.588. The van der Waals surface area contributed by atoms with E-state index in [2.05, 4.69) is 6.92 Å². The minimum Gasteiger partial charge on any atom is -0.486 e. The quantitative estimate of drug-likeness (QED) is 0.785. The monoisotopic (exact) mass is 274 g/mol. The lowest BCUT2D eigenvalue weighted by molar-refractivity contribution is 0.0819. The maximum Gasteiger partial charge on any atom is 0.166 e. The maximum atomic E-state index is 12.8. The van der Waals surface area contributed by atoms with Gasteiger partial charge in [0.2, 0.25) is 0 Å². The molecule has 0 N–H and O–H groups in total. The second kappa shape index (κ2) is 5.86. The predicted octanol–water partition coefficient (Wildman–Crippen LogP) is 3.86. The number of carbonyl (C=O) groups excluding carboxylic acids is 1. The zero-order chi connectivity index (χ0) is 13.9. The minimum atomic E-state index is 0.191. The second-order valence-corrected chi connectivity index (χ2v) is 5.78. The van der Waals surface area contributed by atoms with E-state index in [4.69, 9.17) is 9.47 Å². The summed E-state index contributed by atoms with van der Waals surface area (Å²) >= 11 is 0. The van der Waals surface area contributed by atoms with Crippen molar-refractivity contribution in [1.82, 2.24) is 0 Å². The standard InChI is InChI=1S/C17H22O3/c1-2-12-5-3-4-6-14(12)17(18)13-7-8-15-16(11-13)20-10-9-19-15/h7-8,11-12,14H,2-6,9-10H2,1H3. The van der Waals surface area contributed by atoms with Crippen molar-refractivity contribution in [2.75, 3.05) is 13.2 Å². The molecule has 0 aromatic heterocycles. The molecule has 1 aromatic carbocycles. The molecule has 1 aliphatic carbocycles. The van der Waals surface area contributed by atoms with Crippen LogP contribution >= 0.6 is 0 Å². The molecule has 0 spiro atoms. The molecule has 1 aromatic rings. The SMILES string of the molecule is CCC1CCCCC1C(=O)c1ccc2c(c1)OCCO2. The molecule has 0 bridgehead atoms. The van der Waals surface area contributed by atoms with Gasteiger partial charge in [0.1, 0.15) is 13.2 Å². The third-order valence-corrected chi connectivity index (χ3v) is 4.60. The van der Waals surface area contributed by atoms with Crippen LogP contribution in [-0.4, -0.2) is 19.0 Å². The van der Waals surface area contributed by atoms with Gasteiger partial charge in [0.25, 0.3) is 0 Å². The third-order valence-electron chi connectivity index (χ3n) is 4.60. The number of rotatable bonds is 3. The number of Topliss-reactive ketones (excluding diaryl/α,β-unsaturated/α-hetero) is 1. The highest BCUT2D eigenvalue weighted by molar-refractivity contribution is 5.98. The van der Waals surface area contributed by atoms with Crippen molar-refractivity contribution in [1.29, 1.82) is 0 Å². The highest BCUT2D eigenvalue weighted by atomic mass is 16.6. The number of fused-ring (bicyclic) bond motifs is 1. The predicted molar refractivity (Wildman–Crippen MR) is 77.5 cm³/mol. The van der Waals surface area contributed by atoms with Crippen LogP contribution in [0.4, 0.5) is 0 Å². The van der Waals surface area contributed by atoms with Crippen molar-refractivity contribution in [3.8, 4) is 11.5 Å². The van der Waals surface area contributed by atoms with E-state index in [0.717, 1.165) is 24.2 Å². The van der Waals surface area contributed by atoms with E-state index in [-0.39, 0.29) is 11.7 Å².